The summed E-state index contributed by atoms with van der Waals surface area (Å²) in [4.78, 5) is 36.4. The first-order chi connectivity index (χ1) is 14.5. The number of esters is 1. The summed E-state index contributed by atoms with van der Waals surface area (Å²) in [6.45, 7) is 0.234. The van der Waals surface area contributed by atoms with Gasteiger partial charge in [0.25, 0.3) is 11.7 Å². The Kier molecular flexibility index (Phi) is 5.27. The lowest BCUT2D eigenvalue weighted by Crippen LogP contribution is -2.24. The molecule has 1 fully saturated rings. The van der Waals surface area contributed by atoms with Crippen LogP contribution in [0.15, 0.2) is 48.5 Å². The van der Waals surface area contributed by atoms with Gasteiger partial charge in [-0.05, 0) is 30.5 Å². The minimum absolute atomic E-state index is 0.174. The van der Waals surface area contributed by atoms with Crippen molar-refractivity contribution in [2.24, 2.45) is 5.73 Å². The van der Waals surface area contributed by atoms with Gasteiger partial charge in [0.15, 0.2) is 6.61 Å². The Bertz CT molecular complexity index is 1130. The smallest absolute Gasteiger partial charge is 0.343 e. The lowest BCUT2D eigenvalue weighted by Gasteiger charge is -2.11. The van der Waals surface area contributed by atoms with Crippen molar-refractivity contribution < 1.29 is 23.9 Å². The number of nitrogens with zero attached hydrogens (tertiary/aromatic N) is 1. The van der Waals surface area contributed by atoms with Crippen LogP contribution in [0.2, 0.25) is 0 Å². The molecule has 0 saturated heterocycles. The fraction of sp³-hybridized carbons (Fsp3) is 0.261. The van der Waals surface area contributed by atoms with Gasteiger partial charge >= 0.3 is 5.97 Å². The number of primary amides is 1. The van der Waals surface area contributed by atoms with Crippen LogP contribution in [0.25, 0.3) is 10.9 Å². The average molecular weight is 406 g/mol. The Morgan fingerprint density at radius 1 is 1.07 bits per heavy atom. The number of carbonyl (C=O) groups excluding carboxylic acids is 3. The van der Waals surface area contributed by atoms with Crippen molar-refractivity contribution >= 4 is 28.6 Å². The summed E-state index contributed by atoms with van der Waals surface area (Å²) in [6, 6.07) is 15.2. The number of ether oxygens (including phenoxy) is 2. The van der Waals surface area contributed by atoms with Gasteiger partial charge in [0, 0.05) is 18.2 Å². The highest BCUT2D eigenvalue weighted by Crippen LogP contribution is 2.47. The third-order valence-electron chi connectivity index (χ3n) is 5.26. The summed E-state index contributed by atoms with van der Waals surface area (Å²) in [6.07, 6.45) is 1.87. The number of hydrogen-bond donors (Lipinski definition) is 1. The molecule has 7 heteroatoms. The first kappa shape index (κ1) is 19.7. The summed E-state index contributed by atoms with van der Waals surface area (Å²) >= 11 is 0. The lowest BCUT2D eigenvalue weighted by molar-refractivity contribution is -0.142. The molecule has 154 valence electrons. The fourth-order valence-electron chi connectivity index (χ4n) is 3.78. The average Bonchev–Trinajstić information content (AvgIpc) is 3.55. The van der Waals surface area contributed by atoms with Crippen molar-refractivity contribution in [1.29, 1.82) is 0 Å². The number of fused-ring (bicyclic) bond motifs is 1. The van der Waals surface area contributed by atoms with Crippen LogP contribution in [0, 0.1) is 0 Å². The van der Waals surface area contributed by atoms with Crippen molar-refractivity contribution in [1.82, 2.24) is 4.57 Å². The molecule has 0 unspecified atom stereocenters. The van der Waals surface area contributed by atoms with E-state index in [2.05, 4.69) is 9.30 Å². The third-order valence-corrected chi connectivity index (χ3v) is 5.26. The molecule has 1 amide bonds. The molecule has 3 aromatic rings. The number of rotatable bonds is 8. The van der Waals surface area contributed by atoms with Crippen LogP contribution in [-0.4, -0.2) is 35.9 Å². The highest BCUT2D eigenvalue weighted by atomic mass is 16.6. The minimum atomic E-state index is -1.02. The van der Waals surface area contributed by atoms with E-state index in [1.807, 2.05) is 36.4 Å². The van der Waals surface area contributed by atoms with Gasteiger partial charge in [-0.15, -0.1) is 0 Å². The van der Waals surface area contributed by atoms with E-state index in [0.717, 1.165) is 29.6 Å². The predicted molar refractivity (Wildman–Crippen MR) is 110 cm³/mol. The third kappa shape index (κ3) is 3.66. The molecule has 0 bridgehead atoms. The summed E-state index contributed by atoms with van der Waals surface area (Å²) in [5.74, 6) is -1.79. The molecule has 4 rings (SSSR count). The Hall–Kier alpha value is -3.61. The van der Waals surface area contributed by atoms with E-state index >= 15 is 0 Å². The van der Waals surface area contributed by atoms with Gasteiger partial charge in [0.1, 0.15) is 5.75 Å². The zero-order valence-electron chi connectivity index (χ0n) is 16.6. The lowest BCUT2D eigenvalue weighted by atomic mass is 10.0. The van der Waals surface area contributed by atoms with E-state index < -0.39 is 17.7 Å². The second-order valence-electron chi connectivity index (χ2n) is 7.31. The van der Waals surface area contributed by atoms with Gasteiger partial charge in [0.05, 0.1) is 23.6 Å². The monoisotopic (exact) mass is 406 g/mol. The topological polar surface area (TPSA) is 101 Å². The number of amides is 1. The van der Waals surface area contributed by atoms with Crippen LogP contribution in [0.5, 0.6) is 5.75 Å². The second kappa shape index (κ2) is 8.02. The molecule has 1 aromatic heterocycles. The Morgan fingerprint density at radius 2 is 1.80 bits per heavy atom. The standard InChI is InChI=1S/C23H22N2O5/c1-29-18(26)13-30-17-9-5-8-16-19(17)20(22(27)23(24)28)21(15-10-11-15)25(16)12-14-6-3-2-4-7-14/h2-9,15H,10-13H2,1H3,(H2,24,28). The zero-order chi connectivity index (χ0) is 21.3. The van der Waals surface area contributed by atoms with Gasteiger partial charge in [-0.3, -0.25) is 9.59 Å². The molecule has 7 nitrogen and oxygen atoms in total. The van der Waals surface area contributed by atoms with E-state index in [1.165, 1.54) is 7.11 Å². The van der Waals surface area contributed by atoms with Crippen LogP contribution < -0.4 is 10.5 Å². The first-order valence-electron chi connectivity index (χ1n) is 9.74. The zero-order valence-corrected chi connectivity index (χ0v) is 16.6. The van der Waals surface area contributed by atoms with E-state index in [-0.39, 0.29) is 18.1 Å². The van der Waals surface area contributed by atoms with Gasteiger partial charge < -0.3 is 19.8 Å². The second-order valence-corrected chi connectivity index (χ2v) is 7.31. The van der Waals surface area contributed by atoms with Gasteiger partial charge in [-0.2, -0.15) is 0 Å². The molecule has 1 aliphatic carbocycles. The van der Waals surface area contributed by atoms with Crippen LogP contribution in [0.1, 0.15) is 40.4 Å². The molecule has 1 aliphatic rings. The fourth-order valence-corrected chi connectivity index (χ4v) is 3.78. The molecule has 0 radical (unpaired) electrons. The van der Waals surface area contributed by atoms with Crippen LogP contribution in [-0.2, 0) is 20.9 Å². The maximum atomic E-state index is 12.9. The number of benzene rings is 2. The van der Waals surface area contributed by atoms with Crippen LogP contribution in [0.3, 0.4) is 0 Å². The summed E-state index contributed by atoms with van der Waals surface area (Å²) < 4.78 is 12.4. The number of carbonyl (C=O) groups is 3. The molecular formula is C23H22N2O5. The number of aromatic nitrogens is 1. The molecule has 2 aromatic carbocycles. The Balaban J connectivity index is 1.93. The Morgan fingerprint density at radius 3 is 2.43 bits per heavy atom. The van der Waals surface area contributed by atoms with Gasteiger partial charge in [0.2, 0.25) is 0 Å². The number of nitrogens with two attached hydrogens (primary N) is 1. The molecule has 0 aliphatic heterocycles. The van der Waals surface area contributed by atoms with Crippen molar-refractivity contribution in [3.8, 4) is 5.75 Å². The quantitative estimate of drug-likeness (QED) is 0.352. The SMILES string of the molecule is COC(=O)COc1cccc2c1c(C(=O)C(N)=O)c(C1CC1)n2Cc1ccccc1. The summed E-state index contributed by atoms with van der Waals surface area (Å²) in [5.41, 5.74) is 8.29. The van der Waals surface area contributed by atoms with Crippen LogP contribution in [0.4, 0.5) is 0 Å². The highest BCUT2D eigenvalue weighted by molar-refractivity contribution is 6.45. The van der Waals surface area contributed by atoms with E-state index in [4.69, 9.17) is 10.5 Å². The largest absolute Gasteiger partial charge is 0.481 e. The normalized spacial score (nSPS) is 13.2. The maximum Gasteiger partial charge on any atom is 0.343 e. The highest BCUT2D eigenvalue weighted by Gasteiger charge is 2.36. The molecule has 0 spiro atoms. The maximum absolute atomic E-state index is 12.9. The number of methoxy groups -OCH3 is 1. The van der Waals surface area contributed by atoms with Gasteiger partial charge in [-0.1, -0.05) is 36.4 Å². The molecular weight excluding hydrogens is 384 g/mol. The van der Waals surface area contributed by atoms with Crippen molar-refractivity contribution in [3.05, 3.63) is 65.4 Å². The summed E-state index contributed by atoms with van der Waals surface area (Å²) in [7, 11) is 1.27. The van der Waals surface area contributed by atoms with Crippen molar-refractivity contribution in [2.45, 2.75) is 25.3 Å². The van der Waals surface area contributed by atoms with Crippen molar-refractivity contribution in [2.75, 3.05) is 13.7 Å². The number of ketones is 1. The molecule has 2 N–H and O–H groups in total. The van der Waals surface area contributed by atoms with E-state index in [1.54, 1.807) is 12.1 Å². The number of Topliss-reactive ketones (excluding diaryl/α,β-unsaturated/α-hetero) is 1. The van der Waals surface area contributed by atoms with Crippen LogP contribution >= 0.6 is 0 Å². The molecule has 0 atom stereocenters. The molecule has 1 saturated carbocycles. The van der Waals surface area contributed by atoms with E-state index in [0.29, 0.717) is 17.7 Å². The Labute approximate surface area is 173 Å². The summed E-state index contributed by atoms with van der Waals surface area (Å²) in [5, 5.41) is 0.503. The number of hydrogen-bond acceptors (Lipinski definition) is 5. The molecule has 1 heterocycles. The van der Waals surface area contributed by atoms with Crippen molar-refractivity contribution in [3.63, 3.8) is 0 Å². The first-order valence-corrected chi connectivity index (χ1v) is 9.74. The minimum Gasteiger partial charge on any atom is -0.481 e. The predicted octanol–water partition coefficient (Wildman–Crippen LogP) is 2.79. The van der Waals surface area contributed by atoms with E-state index in [9.17, 15) is 14.4 Å². The van der Waals surface area contributed by atoms with Gasteiger partial charge in [-0.25, -0.2) is 4.79 Å². The molecule has 30 heavy (non-hydrogen) atoms.